The van der Waals surface area contributed by atoms with E-state index in [0.717, 1.165) is 0 Å². The van der Waals surface area contributed by atoms with Crippen molar-refractivity contribution in [1.82, 2.24) is 0 Å². The fourth-order valence-corrected chi connectivity index (χ4v) is 3.17. The maximum absolute atomic E-state index is 12.1. The summed E-state index contributed by atoms with van der Waals surface area (Å²) < 4.78 is 27.4. The Morgan fingerprint density at radius 1 is 1.05 bits per heavy atom. The van der Waals surface area contributed by atoms with Crippen LogP contribution in [0.2, 0.25) is 0 Å². The van der Waals surface area contributed by atoms with Gasteiger partial charge in [0, 0.05) is 15.7 Å². The van der Waals surface area contributed by atoms with E-state index in [2.05, 4.69) is 20.7 Å². The van der Waals surface area contributed by atoms with Gasteiger partial charge in [-0.2, -0.15) is 0 Å². The summed E-state index contributed by atoms with van der Waals surface area (Å²) in [6.07, 6.45) is 0.664. The van der Waals surface area contributed by atoms with Gasteiger partial charge in [0.25, 0.3) is 10.0 Å². The van der Waals surface area contributed by atoms with E-state index in [4.69, 9.17) is 0 Å². The van der Waals surface area contributed by atoms with Gasteiger partial charge in [0.1, 0.15) is 6.29 Å². The number of anilines is 1. The predicted octanol–water partition coefficient (Wildman–Crippen LogP) is 3.06. The van der Waals surface area contributed by atoms with Crippen LogP contribution in [0.4, 0.5) is 5.69 Å². The van der Waals surface area contributed by atoms with Gasteiger partial charge < -0.3 is 0 Å². The topological polar surface area (TPSA) is 63.2 Å². The zero-order valence-electron chi connectivity index (χ0n) is 9.71. The Kier molecular flexibility index (Phi) is 4.01. The van der Waals surface area contributed by atoms with E-state index in [1.54, 1.807) is 30.3 Å². The summed E-state index contributed by atoms with van der Waals surface area (Å²) in [6.45, 7) is 0. The van der Waals surface area contributed by atoms with Crippen molar-refractivity contribution in [3.8, 4) is 0 Å². The van der Waals surface area contributed by atoms with Crippen LogP contribution in [-0.2, 0) is 10.0 Å². The second kappa shape index (κ2) is 5.54. The zero-order valence-corrected chi connectivity index (χ0v) is 12.1. The van der Waals surface area contributed by atoms with Crippen LogP contribution >= 0.6 is 15.9 Å². The molecule has 0 atom stereocenters. The highest BCUT2D eigenvalue weighted by Crippen LogP contribution is 2.19. The Morgan fingerprint density at radius 3 is 2.47 bits per heavy atom. The van der Waals surface area contributed by atoms with Crippen LogP contribution < -0.4 is 4.72 Å². The van der Waals surface area contributed by atoms with Crippen LogP contribution in [0.1, 0.15) is 10.4 Å². The minimum absolute atomic E-state index is 0.151. The summed E-state index contributed by atoms with van der Waals surface area (Å²) in [5.41, 5.74) is 0.763. The number of halogens is 1. The van der Waals surface area contributed by atoms with Gasteiger partial charge >= 0.3 is 0 Å². The molecule has 0 saturated carbocycles. The Morgan fingerprint density at radius 2 is 1.79 bits per heavy atom. The lowest BCUT2D eigenvalue weighted by Gasteiger charge is -2.08. The number of nitrogens with one attached hydrogen (secondary N) is 1. The van der Waals surface area contributed by atoms with Crippen LogP contribution in [-0.4, -0.2) is 14.7 Å². The normalized spacial score (nSPS) is 11.0. The molecule has 2 rings (SSSR count). The van der Waals surface area contributed by atoms with E-state index in [0.29, 0.717) is 22.0 Å². The second-order valence-corrected chi connectivity index (χ2v) is 6.40. The lowest BCUT2D eigenvalue weighted by molar-refractivity contribution is 0.112. The minimum atomic E-state index is -3.66. The smallest absolute Gasteiger partial charge is 0.261 e. The molecular formula is C13H10BrNO3S. The molecule has 98 valence electrons. The Balaban J connectivity index is 2.33. The maximum Gasteiger partial charge on any atom is 0.261 e. The summed E-state index contributed by atoms with van der Waals surface area (Å²) in [7, 11) is -3.66. The third-order valence-electron chi connectivity index (χ3n) is 2.38. The molecule has 2 aromatic rings. The molecule has 0 aromatic heterocycles. The highest BCUT2D eigenvalue weighted by atomic mass is 79.9. The first-order valence-electron chi connectivity index (χ1n) is 5.35. The zero-order chi connectivity index (χ0) is 13.9. The highest BCUT2D eigenvalue weighted by Gasteiger charge is 2.14. The number of hydrogen-bond acceptors (Lipinski definition) is 3. The summed E-state index contributed by atoms with van der Waals surface area (Å²) in [6, 6.07) is 12.7. The predicted molar refractivity (Wildman–Crippen MR) is 76.8 cm³/mol. The molecule has 0 aliphatic rings. The molecule has 0 heterocycles. The minimum Gasteiger partial charge on any atom is -0.298 e. The van der Waals surface area contributed by atoms with E-state index >= 15 is 0 Å². The number of sulfonamides is 1. The second-order valence-electron chi connectivity index (χ2n) is 3.81. The van der Waals surface area contributed by atoms with Crippen molar-refractivity contribution in [3.05, 3.63) is 58.6 Å². The molecule has 4 nitrogen and oxygen atoms in total. The average Bonchev–Trinajstić information content (AvgIpc) is 2.38. The molecular weight excluding hydrogens is 330 g/mol. The fourth-order valence-electron chi connectivity index (χ4n) is 1.52. The van der Waals surface area contributed by atoms with Gasteiger partial charge in [-0.25, -0.2) is 8.42 Å². The van der Waals surface area contributed by atoms with Crippen LogP contribution in [0.3, 0.4) is 0 Å². The molecule has 0 unspecified atom stereocenters. The van der Waals surface area contributed by atoms with Crippen LogP contribution in [0.5, 0.6) is 0 Å². The van der Waals surface area contributed by atoms with E-state index < -0.39 is 10.0 Å². The number of carbonyl (C=O) groups excluding carboxylic acids is 1. The highest BCUT2D eigenvalue weighted by molar-refractivity contribution is 9.10. The standard InChI is InChI=1S/C13H10BrNO3S/c14-11-4-2-6-13(8-11)19(17,18)15-12-5-1-3-10(7-12)9-16/h1-9,15H. The molecule has 0 amide bonds. The Bertz CT molecular complexity index is 713. The Labute approximate surface area is 119 Å². The van der Waals surface area contributed by atoms with Crippen molar-refractivity contribution >= 4 is 37.9 Å². The maximum atomic E-state index is 12.1. The summed E-state index contributed by atoms with van der Waals surface area (Å²) in [4.78, 5) is 10.8. The van der Waals surface area contributed by atoms with Crippen molar-refractivity contribution in [1.29, 1.82) is 0 Å². The quantitative estimate of drug-likeness (QED) is 0.870. The first-order valence-corrected chi connectivity index (χ1v) is 7.62. The molecule has 2 aromatic carbocycles. The third-order valence-corrected chi connectivity index (χ3v) is 4.25. The monoisotopic (exact) mass is 339 g/mol. The molecule has 0 radical (unpaired) electrons. The van der Waals surface area contributed by atoms with E-state index in [9.17, 15) is 13.2 Å². The van der Waals surface area contributed by atoms with Crippen LogP contribution in [0.25, 0.3) is 0 Å². The largest absolute Gasteiger partial charge is 0.298 e. The fraction of sp³-hybridized carbons (Fsp3) is 0. The van der Waals surface area contributed by atoms with Crippen molar-refractivity contribution < 1.29 is 13.2 Å². The van der Waals surface area contributed by atoms with Gasteiger partial charge in [0.2, 0.25) is 0 Å². The van der Waals surface area contributed by atoms with Gasteiger partial charge in [0.15, 0.2) is 0 Å². The van der Waals surface area contributed by atoms with E-state index in [1.165, 1.54) is 18.2 Å². The molecule has 0 saturated heterocycles. The number of carbonyl (C=O) groups is 1. The van der Waals surface area contributed by atoms with Crippen molar-refractivity contribution in [2.45, 2.75) is 4.90 Å². The molecule has 6 heteroatoms. The molecule has 0 spiro atoms. The first kappa shape index (κ1) is 13.8. The number of benzene rings is 2. The number of hydrogen-bond donors (Lipinski definition) is 1. The van der Waals surface area contributed by atoms with Gasteiger partial charge in [-0.15, -0.1) is 0 Å². The summed E-state index contributed by atoms with van der Waals surface area (Å²) >= 11 is 3.22. The molecule has 19 heavy (non-hydrogen) atoms. The van der Waals surface area contributed by atoms with Crippen molar-refractivity contribution in [3.63, 3.8) is 0 Å². The molecule has 0 bridgehead atoms. The van der Waals surface area contributed by atoms with Crippen LogP contribution in [0.15, 0.2) is 57.9 Å². The molecule has 0 fully saturated rings. The van der Waals surface area contributed by atoms with E-state index in [-0.39, 0.29) is 4.90 Å². The van der Waals surface area contributed by atoms with Gasteiger partial charge in [0.05, 0.1) is 4.90 Å². The molecule has 0 aliphatic heterocycles. The molecule has 0 aliphatic carbocycles. The van der Waals surface area contributed by atoms with E-state index in [1.807, 2.05) is 0 Å². The van der Waals surface area contributed by atoms with Crippen LogP contribution in [0, 0.1) is 0 Å². The average molecular weight is 340 g/mol. The SMILES string of the molecule is O=Cc1cccc(NS(=O)(=O)c2cccc(Br)c2)c1. The third kappa shape index (κ3) is 3.42. The van der Waals surface area contributed by atoms with Gasteiger partial charge in [-0.1, -0.05) is 34.1 Å². The van der Waals surface area contributed by atoms with Gasteiger partial charge in [-0.3, -0.25) is 9.52 Å². The molecule has 1 N–H and O–H groups in total. The Hall–Kier alpha value is -1.66. The van der Waals surface area contributed by atoms with Crippen molar-refractivity contribution in [2.24, 2.45) is 0 Å². The number of rotatable bonds is 4. The number of aldehydes is 1. The lowest BCUT2D eigenvalue weighted by Crippen LogP contribution is -2.13. The first-order chi connectivity index (χ1) is 9.01. The summed E-state index contributed by atoms with van der Waals surface area (Å²) in [5, 5.41) is 0. The lowest BCUT2D eigenvalue weighted by atomic mass is 10.2. The van der Waals surface area contributed by atoms with Gasteiger partial charge in [-0.05, 0) is 30.3 Å². The summed E-state index contributed by atoms with van der Waals surface area (Å²) in [5.74, 6) is 0. The van der Waals surface area contributed by atoms with Crippen molar-refractivity contribution in [2.75, 3.05) is 4.72 Å².